The van der Waals surface area contributed by atoms with Crippen LogP contribution in [0.5, 0.6) is 0 Å². The molecule has 0 saturated heterocycles. The van der Waals surface area contributed by atoms with Gasteiger partial charge in [0.05, 0.1) is 0 Å². The van der Waals surface area contributed by atoms with Crippen LogP contribution in [0.15, 0.2) is 36.5 Å². The number of nitrogens with zero attached hydrogens (tertiary/aromatic N) is 1. The van der Waals surface area contributed by atoms with Gasteiger partial charge in [-0.15, -0.1) is 11.3 Å². The molecule has 1 aromatic carbocycles. The maximum atomic E-state index is 11.5. The second-order valence-corrected chi connectivity index (χ2v) is 5.70. The molecule has 0 amide bonds. The highest BCUT2D eigenvalue weighted by Crippen LogP contribution is 2.36. The van der Waals surface area contributed by atoms with E-state index in [4.69, 9.17) is 11.5 Å². The summed E-state index contributed by atoms with van der Waals surface area (Å²) in [6.45, 7) is 1.52. The molecule has 0 unspecified atom stereocenters. The zero-order valence-electron chi connectivity index (χ0n) is 10.9. The standard InChI is InChI=1S/C15H13N3OS/c1-8(19)10-5-12(15(17)18-7-10)14-6-9-4-11(16)2-3-13(9)20-14/h2-7H,16H2,1H3,(H2,17,18). The zero-order chi connectivity index (χ0) is 14.3. The van der Waals surface area contributed by atoms with E-state index in [0.717, 1.165) is 26.2 Å². The summed E-state index contributed by atoms with van der Waals surface area (Å²) in [5.74, 6) is 0.402. The Bertz CT molecular complexity index is 823. The van der Waals surface area contributed by atoms with E-state index in [2.05, 4.69) is 4.98 Å². The molecule has 0 aliphatic carbocycles. The molecular weight excluding hydrogens is 270 g/mol. The first-order chi connectivity index (χ1) is 9.54. The van der Waals surface area contributed by atoms with E-state index in [9.17, 15) is 4.79 Å². The molecule has 4 nitrogen and oxygen atoms in total. The number of carbonyl (C=O) groups is 1. The minimum Gasteiger partial charge on any atom is -0.399 e. The molecule has 20 heavy (non-hydrogen) atoms. The summed E-state index contributed by atoms with van der Waals surface area (Å²) in [6, 6.07) is 9.59. The molecule has 0 fully saturated rings. The van der Waals surface area contributed by atoms with Gasteiger partial charge in [-0.2, -0.15) is 0 Å². The number of hydrogen-bond acceptors (Lipinski definition) is 5. The molecule has 0 aliphatic heterocycles. The van der Waals surface area contributed by atoms with Gasteiger partial charge in [0, 0.05) is 32.6 Å². The zero-order valence-corrected chi connectivity index (χ0v) is 11.7. The van der Waals surface area contributed by atoms with Crippen LogP contribution < -0.4 is 11.5 Å². The number of benzene rings is 1. The van der Waals surface area contributed by atoms with Crippen LogP contribution in [0.2, 0.25) is 0 Å². The molecule has 0 spiro atoms. The van der Waals surface area contributed by atoms with E-state index in [0.29, 0.717) is 11.4 Å². The van der Waals surface area contributed by atoms with Crippen molar-refractivity contribution in [2.75, 3.05) is 11.5 Å². The van der Waals surface area contributed by atoms with Gasteiger partial charge in [0.2, 0.25) is 0 Å². The number of rotatable bonds is 2. The molecule has 3 rings (SSSR count). The highest BCUT2D eigenvalue weighted by Gasteiger charge is 2.11. The van der Waals surface area contributed by atoms with Gasteiger partial charge >= 0.3 is 0 Å². The molecule has 3 aromatic rings. The third-order valence-corrected chi connectivity index (χ3v) is 4.28. The molecule has 5 heteroatoms. The molecule has 2 aromatic heterocycles. The van der Waals surface area contributed by atoms with Crippen molar-refractivity contribution in [3.05, 3.63) is 42.1 Å². The Labute approximate surface area is 120 Å². The number of anilines is 2. The first kappa shape index (κ1) is 12.6. The normalized spacial score (nSPS) is 10.8. The molecule has 100 valence electrons. The minimum absolute atomic E-state index is 0.0240. The lowest BCUT2D eigenvalue weighted by molar-refractivity contribution is 0.101. The van der Waals surface area contributed by atoms with Crippen LogP contribution in [0.3, 0.4) is 0 Å². The van der Waals surface area contributed by atoms with Crippen LogP contribution in [0.1, 0.15) is 17.3 Å². The summed E-state index contributed by atoms with van der Waals surface area (Å²) >= 11 is 1.61. The lowest BCUT2D eigenvalue weighted by Crippen LogP contribution is -1.98. The summed E-state index contributed by atoms with van der Waals surface area (Å²) in [5.41, 5.74) is 13.8. The average molecular weight is 283 g/mol. The SMILES string of the molecule is CC(=O)c1cnc(N)c(-c2cc3cc(N)ccc3s2)c1. The van der Waals surface area contributed by atoms with E-state index in [1.165, 1.54) is 13.1 Å². The molecule has 0 bridgehead atoms. The van der Waals surface area contributed by atoms with E-state index < -0.39 is 0 Å². The number of pyridine rings is 1. The van der Waals surface area contributed by atoms with Crippen molar-refractivity contribution in [3.8, 4) is 10.4 Å². The van der Waals surface area contributed by atoms with Gasteiger partial charge in [0.25, 0.3) is 0 Å². The van der Waals surface area contributed by atoms with Crippen LogP contribution >= 0.6 is 11.3 Å². The number of aromatic nitrogens is 1. The van der Waals surface area contributed by atoms with Crippen LogP contribution in [-0.2, 0) is 0 Å². The Kier molecular flexibility index (Phi) is 2.91. The smallest absolute Gasteiger partial charge is 0.161 e. The van der Waals surface area contributed by atoms with Crippen molar-refractivity contribution in [1.82, 2.24) is 4.98 Å². The third-order valence-electron chi connectivity index (χ3n) is 3.13. The predicted octanol–water partition coefficient (Wildman–Crippen LogP) is 3.33. The van der Waals surface area contributed by atoms with Crippen LogP contribution in [0.4, 0.5) is 11.5 Å². The Morgan fingerprint density at radius 2 is 2.00 bits per heavy atom. The molecule has 0 radical (unpaired) electrons. The van der Waals surface area contributed by atoms with Gasteiger partial charge in [-0.25, -0.2) is 4.98 Å². The summed E-state index contributed by atoms with van der Waals surface area (Å²) < 4.78 is 1.13. The molecule has 4 N–H and O–H groups in total. The number of thiophene rings is 1. The fourth-order valence-corrected chi connectivity index (χ4v) is 3.13. The number of carbonyl (C=O) groups excluding carboxylic acids is 1. The highest BCUT2D eigenvalue weighted by atomic mass is 32.1. The maximum absolute atomic E-state index is 11.5. The van der Waals surface area contributed by atoms with Crippen LogP contribution in [0, 0.1) is 0 Å². The van der Waals surface area contributed by atoms with E-state index in [1.54, 1.807) is 17.4 Å². The van der Waals surface area contributed by atoms with Crippen LogP contribution in [-0.4, -0.2) is 10.8 Å². The van der Waals surface area contributed by atoms with Gasteiger partial charge in [-0.1, -0.05) is 0 Å². The predicted molar refractivity (Wildman–Crippen MR) is 83.9 cm³/mol. The van der Waals surface area contributed by atoms with Gasteiger partial charge in [-0.05, 0) is 42.6 Å². The van der Waals surface area contributed by atoms with E-state index in [-0.39, 0.29) is 5.78 Å². The first-order valence-corrected chi connectivity index (χ1v) is 6.92. The van der Waals surface area contributed by atoms with Gasteiger partial charge in [-0.3, -0.25) is 4.79 Å². The Balaban J connectivity index is 2.19. The molecular formula is C15H13N3OS. The second kappa shape index (κ2) is 4.61. The number of hydrogen-bond donors (Lipinski definition) is 2. The summed E-state index contributed by atoms with van der Waals surface area (Å²) in [4.78, 5) is 16.6. The second-order valence-electron chi connectivity index (χ2n) is 4.62. The van der Waals surface area contributed by atoms with Crippen molar-refractivity contribution in [1.29, 1.82) is 0 Å². The van der Waals surface area contributed by atoms with E-state index in [1.807, 2.05) is 24.3 Å². The van der Waals surface area contributed by atoms with E-state index >= 15 is 0 Å². The topological polar surface area (TPSA) is 82.0 Å². The summed E-state index contributed by atoms with van der Waals surface area (Å²) in [7, 11) is 0. The van der Waals surface area contributed by atoms with Crippen molar-refractivity contribution in [2.24, 2.45) is 0 Å². The summed E-state index contributed by atoms with van der Waals surface area (Å²) in [5, 5.41) is 1.07. The minimum atomic E-state index is -0.0240. The maximum Gasteiger partial charge on any atom is 0.161 e. The van der Waals surface area contributed by atoms with Crippen molar-refractivity contribution in [3.63, 3.8) is 0 Å². The lowest BCUT2D eigenvalue weighted by atomic mass is 10.1. The van der Waals surface area contributed by atoms with Crippen molar-refractivity contribution in [2.45, 2.75) is 6.92 Å². The quantitative estimate of drug-likeness (QED) is 0.558. The molecule has 0 atom stereocenters. The average Bonchev–Trinajstić information content (AvgIpc) is 2.81. The van der Waals surface area contributed by atoms with Crippen molar-refractivity contribution < 1.29 is 4.79 Å². The van der Waals surface area contributed by atoms with Gasteiger partial charge in [0.15, 0.2) is 5.78 Å². The number of nitrogens with two attached hydrogens (primary N) is 2. The Hall–Kier alpha value is -2.40. The van der Waals surface area contributed by atoms with Crippen molar-refractivity contribution >= 4 is 38.7 Å². The third kappa shape index (κ3) is 2.12. The Morgan fingerprint density at radius 3 is 2.75 bits per heavy atom. The van der Waals surface area contributed by atoms with Crippen LogP contribution in [0.25, 0.3) is 20.5 Å². The number of Topliss-reactive ketones (excluding diaryl/α,β-unsaturated/α-hetero) is 1. The molecule has 2 heterocycles. The molecule has 0 saturated carbocycles. The molecule has 0 aliphatic rings. The van der Waals surface area contributed by atoms with Gasteiger partial charge in [0.1, 0.15) is 5.82 Å². The lowest BCUT2D eigenvalue weighted by Gasteiger charge is -2.03. The van der Waals surface area contributed by atoms with Gasteiger partial charge < -0.3 is 11.5 Å². The fourth-order valence-electron chi connectivity index (χ4n) is 2.06. The number of fused-ring (bicyclic) bond motifs is 1. The number of nitrogen functional groups attached to an aromatic ring is 2. The number of ketones is 1. The highest BCUT2D eigenvalue weighted by molar-refractivity contribution is 7.22. The summed E-state index contributed by atoms with van der Waals surface area (Å²) in [6.07, 6.45) is 1.51. The first-order valence-electron chi connectivity index (χ1n) is 6.10. The fraction of sp³-hybridized carbons (Fsp3) is 0.0667. The monoisotopic (exact) mass is 283 g/mol. The Morgan fingerprint density at radius 1 is 1.20 bits per heavy atom. The largest absolute Gasteiger partial charge is 0.399 e.